The van der Waals surface area contributed by atoms with Gasteiger partial charge < -0.3 is 4.90 Å². The van der Waals surface area contributed by atoms with Gasteiger partial charge in [-0.25, -0.2) is 4.98 Å². The first kappa shape index (κ1) is 37.4. The Morgan fingerprint density at radius 3 is 0.983 bits per heavy atom. The van der Waals surface area contributed by atoms with Gasteiger partial charge >= 0.3 is 6.18 Å². The fourth-order valence-electron chi connectivity index (χ4n) is 10.2. The van der Waals surface area contributed by atoms with Gasteiger partial charge in [0.2, 0.25) is 0 Å². The predicted octanol–water partition coefficient (Wildman–Crippen LogP) is 14.3. The van der Waals surface area contributed by atoms with Crippen molar-refractivity contribution in [2.45, 2.75) is 64.0 Å². The summed E-state index contributed by atoms with van der Waals surface area (Å²) >= 11 is 0. The number of nitrogens with zero attached hydrogens (tertiary/aromatic N) is 5. The molecule has 3 aliphatic heterocycles. The summed E-state index contributed by atoms with van der Waals surface area (Å²) in [4.78, 5) is 10.5. The maximum absolute atomic E-state index is 16.9. The number of hydrogen-bond acceptors (Lipinski definition) is 5. The summed E-state index contributed by atoms with van der Waals surface area (Å²) in [6.07, 6.45) is -4.99. The van der Waals surface area contributed by atoms with Crippen molar-refractivity contribution in [3.8, 4) is 6.07 Å². The van der Waals surface area contributed by atoms with Crippen LogP contribution in [-0.4, -0.2) is 4.98 Å². The number of nitriles is 1. The van der Waals surface area contributed by atoms with Crippen LogP contribution >= 0.6 is 0 Å². The highest BCUT2D eigenvalue weighted by Gasteiger charge is 2.49. The minimum atomic E-state index is -4.99. The van der Waals surface area contributed by atoms with E-state index in [1.54, 1.807) is 9.80 Å². The molecule has 4 heterocycles. The van der Waals surface area contributed by atoms with Gasteiger partial charge in [-0.15, -0.1) is 0 Å². The van der Waals surface area contributed by atoms with Gasteiger partial charge in [0.15, 0.2) is 11.6 Å². The summed E-state index contributed by atoms with van der Waals surface area (Å²) in [6, 6.07) is 48.6. The maximum atomic E-state index is 16.9. The summed E-state index contributed by atoms with van der Waals surface area (Å²) in [5.74, 6) is -0.216. The largest absolute Gasteiger partial charge is 0.422 e. The molecule has 0 N–H and O–H groups in total. The van der Waals surface area contributed by atoms with Crippen LogP contribution in [0.15, 0.2) is 146 Å². The molecule has 0 fully saturated rings. The topological polar surface area (TPSA) is 46.4 Å². The van der Waals surface area contributed by atoms with Crippen LogP contribution in [0.1, 0.15) is 86.1 Å². The van der Waals surface area contributed by atoms with E-state index in [0.717, 1.165) is 44.8 Å². The molecule has 0 bridgehead atoms. The maximum Gasteiger partial charge on any atom is 0.422 e. The molecule has 0 atom stereocenters. The van der Waals surface area contributed by atoms with Crippen molar-refractivity contribution in [3.63, 3.8) is 0 Å². The number of hydrogen-bond donors (Lipinski definition) is 0. The van der Waals surface area contributed by atoms with Crippen LogP contribution in [0.5, 0.6) is 0 Å². The quantitative estimate of drug-likeness (QED) is 0.178. The number of alkyl halides is 3. The lowest BCUT2D eigenvalue weighted by Crippen LogP contribution is -2.35. The lowest BCUT2D eigenvalue weighted by atomic mass is 9.73. The Morgan fingerprint density at radius 2 is 0.700 bits per heavy atom. The molecule has 8 heteroatoms. The predicted molar refractivity (Wildman–Crippen MR) is 234 cm³/mol. The molecule has 296 valence electrons. The molecule has 5 nitrogen and oxygen atoms in total. The van der Waals surface area contributed by atoms with E-state index in [9.17, 15) is 5.26 Å². The normalized spacial score (nSPS) is 16.4. The molecule has 0 aliphatic carbocycles. The summed E-state index contributed by atoms with van der Waals surface area (Å²) in [5, 5.41) is 11.6. The van der Waals surface area contributed by atoms with Gasteiger partial charge in [0, 0.05) is 16.2 Å². The Kier molecular flexibility index (Phi) is 8.00. The first-order chi connectivity index (χ1) is 28.7. The molecule has 0 spiro atoms. The van der Waals surface area contributed by atoms with E-state index in [0.29, 0.717) is 22.7 Å². The fraction of sp³-hybridized carbons (Fsp3) is 0.192. The second-order valence-corrected chi connectivity index (χ2v) is 17.5. The van der Waals surface area contributed by atoms with Crippen molar-refractivity contribution in [3.05, 3.63) is 190 Å². The summed E-state index contributed by atoms with van der Waals surface area (Å²) in [6.45, 7) is 12.7. The average molecular weight is 794 g/mol. The smallest absolute Gasteiger partial charge is 0.308 e. The van der Waals surface area contributed by atoms with Crippen molar-refractivity contribution in [2.75, 3.05) is 14.7 Å². The first-order valence-electron chi connectivity index (χ1n) is 20.2. The second kappa shape index (κ2) is 12.8. The van der Waals surface area contributed by atoms with Gasteiger partial charge in [-0.05, 0) is 69.8 Å². The second-order valence-electron chi connectivity index (χ2n) is 17.5. The Hall–Kier alpha value is -6.85. The van der Waals surface area contributed by atoms with Crippen LogP contribution in [0.3, 0.4) is 0 Å². The first-order valence-corrected chi connectivity index (χ1v) is 20.2. The minimum Gasteiger partial charge on any atom is -0.308 e. The molecule has 1 aromatic heterocycles. The van der Waals surface area contributed by atoms with E-state index >= 15 is 13.2 Å². The van der Waals surface area contributed by atoms with E-state index in [2.05, 4.69) is 59.7 Å². The molecule has 6 aromatic carbocycles. The van der Waals surface area contributed by atoms with Crippen LogP contribution in [-0.2, 0) is 22.4 Å². The molecule has 60 heavy (non-hydrogen) atoms. The zero-order chi connectivity index (χ0) is 41.9. The van der Waals surface area contributed by atoms with Crippen LogP contribution < -0.4 is 14.7 Å². The molecule has 7 aromatic rings. The molecule has 0 radical (unpaired) electrons. The summed E-state index contributed by atoms with van der Waals surface area (Å²) in [7, 11) is 0. The van der Waals surface area contributed by atoms with E-state index < -0.39 is 28.0 Å². The SMILES string of the molecule is CC1(C)c2ccccc2N(c2nc(N3c4ccccc4C(C)(C)c4ccccc43)c(C(F)(F)F)c(N3c4ccccc4C(C)(C)c4ccccc43)c2C#N)c2ccccc21. The molecule has 0 saturated carbocycles. The molecular formula is C52H42F3N5. The third-order valence-corrected chi connectivity index (χ3v) is 13.1. The summed E-state index contributed by atoms with van der Waals surface area (Å²) < 4.78 is 50.6. The minimum absolute atomic E-state index is 0.102. The lowest BCUT2D eigenvalue weighted by Gasteiger charge is -2.46. The third kappa shape index (κ3) is 5.08. The van der Waals surface area contributed by atoms with Gasteiger partial charge in [-0.1, -0.05) is 151 Å². The van der Waals surface area contributed by atoms with E-state index in [1.165, 1.54) is 0 Å². The number of aromatic nitrogens is 1. The van der Waals surface area contributed by atoms with Gasteiger partial charge in [0.25, 0.3) is 0 Å². The zero-order valence-corrected chi connectivity index (χ0v) is 34.2. The Bertz CT molecular complexity index is 2810. The molecule has 0 unspecified atom stereocenters. The average Bonchev–Trinajstić information content (AvgIpc) is 3.24. The molecular weight excluding hydrogens is 752 g/mol. The Labute approximate surface area is 348 Å². The van der Waals surface area contributed by atoms with Crippen molar-refractivity contribution in [2.24, 2.45) is 0 Å². The van der Waals surface area contributed by atoms with Crippen molar-refractivity contribution >= 4 is 51.4 Å². The highest BCUT2D eigenvalue weighted by Crippen LogP contribution is 2.61. The van der Waals surface area contributed by atoms with E-state index in [4.69, 9.17) is 4.98 Å². The van der Waals surface area contributed by atoms with Crippen LogP contribution in [0.2, 0.25) is 0 Å². The molecule has 3 aliphatic rings. The fourth-order valence-corrected chi connectivity index (χ4v) is 10.2. The van der Waals surface area contributed by atoms with Crippen LogP contribution in [0.25, 0.3) is 0 Å². The zero-order valence-electron chi connectivity index (χ0n) is 34.2. The number of fused-ring (bicyclic) bond motifs is 6. The Morgan fingerprint density at radius 1 is 0.433 bits per heavy atom. The van der Waals surface area contributed by atoms with Crippen molar-refractivity contribution in [1.29, 1.82) is 5.26 Å². The third-order valence-electron chi connectivity index (χ3n) is 13.1. The number of halogens is 3. The highest BCUT2D eigenvalue weighted by atomic mass is 19.4. The van der Waals surface area contributed by atoms with Crippen molar-refractivity contribution < 1.29 is 13.2 Å². The highest BCUT2D eigenvalue weighted by molar-refractivity contribution is 5.98. The van der Waals surface area contributed by atoms with E-state index in [-0.39, 0.29) is 22.9 Å². The number of para-hydroxylation sites is 6. The lowest BCUT2D eigenvalue weighted by molar-refractivity contribution is -0.136. The standard InChI is InChI=1S/C52H42F3N5/c1-49(2)33-19-7-13-25-39(33)58(40-26-14-8-20-34(40)49)46-32(31-56)47(59-41-27-15-9-21-35(41)50(3,4)36-22-10-16-28-42(36)59)57-48(45(46)52(53,54)55)60-43-29-17-11-23-37(43)51(5,6)38-24-12-18-30-44(38)60/h7-30H,1-6H3. The van der Waals surface area contributed by atoms with Crippen LogP contribution in [0, 0.1) is 11.3 Å². The Balaban J connectivity index is 1.42. The van der Waals surface area contributed by atoms with Crippen molar-refractivity contribution in [1.82, 2.24) is 4.98 Å². The van der Waals surface area contributed by atoms with Gasteiger partial charge in [-0.2, -0.15) is 18.4 Å². The molecule has 10 rings (SSSR count). The molecule has 0 saturated heterocycles. The monoisotopic (exact) mass is 793 g/mol. The molecule has 0 amide bonds. The number of anilines is 9. The number of rotatable bonds is 3. The van der Waals surface area contributed by atoms with Gasteiger partial charge in [0.05, 0.1) is 39.8 Å². The van der Waals surface area contributed by atoms with E-state index in [1.807, 2.05) is 138 Å². The number of pyridine rings is 1. The summed E-state index contributed by atoms with van der Waals surface area (Å²) in [5.41, 5.74) is 6.02. The van der Waals surface area contributed by atoms with Crippen LogP contribution in [0.4, 0.5) is 64.6 Å². The van der Waals surface area contributed by atoms with Gasteiger partial charge in [0.1, 0.15) is 17.2 Å². The van der Waals surface area contributed by atoms with Gasteiger partial charge in [-0.3, -0.25) is 9.80 Å². The number of benzene rings is 6.